The minimum Gasteiger partial charge on any atom is -0.369 e. The maximum atomic E-state index is 12.1. The van der Waals surface area contributed by atoms with Gasteiger partial charge in [0.15, 0.2) is 0 Å². The zero-order valence-electron chi connectivity index (χ0n) is 13.4. The summed E-state index contributed by atoms with van der Waals surface area (Å²) in [5.41, 5.74) is 12.6. The van der Waals surface area contributed by atoms with Crippen molar-refractivity contribution in [2.75, 3.05) is 0 Å². The fourth-order valence-corrected chi connectivity index (χ4v) is 3.84. The number of nitrogens with two attached hydrogens (primary N) is 1. The van der Waals surface area contributed by atoms with Crippen LogP contribution < -0.4 is 5.73 Å². The van der Waals surface area contributed by atoms with Crippen LogP contribution >= 0.6 is 0 Å². The lowest BCUT2D eigenvalue weighted by molar-refractivity contribution is -0.118. The molecular weight excluding hydrogens is 310 g/mol. The van der Waals surface area contributed by atoms with Crippen LogP contribution in [0.15, 0.2) is 66.7 Å². The monoisotopic (exact) mass is 325 g/mol. The second-order valence-electron chi connectivity index (χ2n) is 6.29. The molecule has 1 aliphatic rings. The summed E-state index contributed by atoms with van der Waals surface area (Å²) < 4.78 is 0. The Hall–Kier alpha value is -3.40. The predicted molar refractivity (Wildman–Crippen MR) is 98.0 cm³/mol. The van der Waals surface area contributed by atoms with Crippen LogP contribution in [0, 0.1) is 0 Å². The summed E-state index contributed by atoms with van der Waals surface area (Å²) in [7, 11) is 0. The van der Waals surface area contributed by atoms with Crippen molar-refractivity contribution in [3.63, 3.8) is 0 Å². The number of hydrogen-bond acceptors (Lipinski definition) is 2. The molecule has 5 rings (SSSR count). The molecule has 1 amide bonds. The maximum absolute atomic E-state index is 12.1. The van der Waals surface area contributed by atoms with E-state index in [2.05, 4.69) is 4.98 Å². The Morgan fingerprint density at radius 2 is 1.60 bits per heavy atom. The first kappa shape index (κ1) is 14.0. The van der Waals surface area contributed by atoms with Crippen LogP contribution in [0.2, 0.25) is 0 Å². The normalized spacial score (nSPS) is 15.1. The minimum absolute atomic E-state index is 0.326. The molecule has 120 valence electrons. The van der Waals surface area contributed by atoms with Gasteiger partial charge in [0.1, 0.15) is 5.82 Å². The standard InChI is InChI=1S/C21H15N3O/c22-20(25)19-13-7-2-1-6-12(13)18-14(19)8-5-9-15(18)21-23-16-10-3-4-11-17(16)24-21/h1-11,19H,(H2,22,25)(H,23,24)/t19-/m1/s1. The van der Waals surface area contributed by atoms with Gasteiger partial charge in [0, 0.05) is 5.56 Å². The van der Waals surface area contributed by atoms with Crippen LogP contribution in [0.25, 0.3) is 33.5 Å². The highest BCUT2D eigenvalue weighted by atomic mass is 16.1. The van der Waals surface area contributed by atoms with E-state index >= 15 is 0 Å². The lowest BCUT2D eigenvalue weighted by atomic mass is 9.95. The molecule has 4 aromatic rings. The van der Waals surface area contributed by atoms with Gasteiger partial charge >= 0.3 is 0 Å². The molecule has 1 atom stereocenters. The van der Waals surface area contributed by atoms with Gasteiger partial charge in [-0.1, -0.05) is 54.6 Å². The van der Waals surface area contributed by atoms with Gasteiger partial charge in [0.05, 0.1) is 17.0 Å². The van der Waals surface area contributed by atoms with Crippen molar-refractivity contribution in [2.24, 2.45) is 5.73 Å². The smallest absolute Gasteiger partial charge is 0.229 e. The molecule has 4 nitrogen and oxygen atoms in total. The van der Waals surface area contributed by atoms with Gasteiger partial charge in [-0.15, -0.1) is 0 Å². The van der Waals surface area contributed by atoms with Crippen molar-refractivity contribution in [1.82, 2.24) is 9.97 Å². The lowest BCUT2D eigenvalue weighted by Crippen LogP contribution is -2.20. The molecule has 0 unspecified atom stereocenters. The topological polar surface area (TPSA) is 71.8 Å². The fraction of sp³-hybridized carbons (Fsp3) is 0.0476. The van der Waals surface area contributed by atoms with E-state index in [1.54, 1.807) is 0 Å². The molecule has 0 radical (unpaired) electrons. The zero-order valence-corrected chi connectivity index (χ0v) is 13.4. The van der Waals surface area contributed by atoms with E-state index in [0.29, 0.717) is 0 Å². The van der Waals surface area contributed by atoms with Crippen LogP contribution in [0.4, 0.5) is 0 Å². The van der Waals surface area contributed by atoms with Gasteiger partial charge in [-0.05, 0) is 34.4 Å². The van der Waals surface area contributed by atoms with E-state index in [9.17, 15) is 4.79 Å². The Morgan fingerprint density at radius 3 is 2.44 bits per heavy atom. The number of hydrogen-bond donors (Lipinski definition) is 2. The molecule has 0 saturated carbocycles. The van der Waals surface area contributed by atoms with Gasteiger partial charge in [-0.3, -0.25) is 4.79 Å². The highest BCUT2D eigenvalue weighted by molar-refractivity contribution is 6.00. The second kappa shape index (κ2) is 5.05. The van der Waals surface area contributed by atoms with E-state index in [1.165, 1.54) is 0 Å². The number of nitrogens with one attached hydrogen (secondary N) is 1. The maximum Gasteiger partial charge on any atom is 0.229 e. The summed E-state index contributed by atoms with van der Waals surface area (Å²) in [4.78, 5) is 20.2. The summed E-state index contributed by atoms with van der Waals surface area (Å²) in [5.74, 6) is 0.0708. The van der Waals surface area contributed by atoms with E-state index in [0.717, 1.165) is 44.7 Å². The number of aromatic nitrogens is 2. The Morgan fingerprint density at radius 1 is 0.880 bits per heavy atom. The molecule has 0 bridgehead atoms. The molecule has 0 aliphatic heterocycles. The van der Waals surface area contributed by atoms with Gasteiger partial charge < -0.3 is 10.7 Å². The van der Waals surface area contributed by atoms with Crippen LogP contribution in [-0.4, -0.2) is 15.9 Å². The second-order valence-corrected chi connectivity index (χ2v) is 6.29. The molecule has 3 aromatic carbocycles. The number of rotatable bonds is 2. The van der Waals surface area contributed by atoms with Gasteiger partial charge in [-0.2, -0.15) is 0 Å². The number of para-hydroxylation sites is 2. The number of imidazole rings is 1. The van der Waals surface area contributed by atoms with Crippen molar-refractivity contribution in [3.8, 4) is 22.5 Å². The first-order valence-electron chi connectivity index (χ1n) is 8.20. The fourth-order valence-electron chi connectivity index (χ4n) is 3.84. The number of carbonyl (C=O) groups excluding carboxylic acids is 1. The summed E-state index contributed by atoms with van der Waals surface area (Å²) in [6, 6.07) is 21.9. The number of nitrogens with zero attached hydrogens (tertiary/aromatic N) is 1. The molecule has 1 heterocycles. The predicted octanol–water partition coefficient (Wildman–Crippen LogP) is 3.83. The van der Waals surface area contributed by atoms with Crippen molar-refractivity contribution in [2.45, 2.75) is 5.92 Å². The van der Waals surface area contributed by atoms with Crippen molar-refractivity contribution >= 4 is 16.9 Å². The van der Waals surface area contributed by atoms with Crippen LogP contribution in [-0.2, 0) is 4.79 Å². The molecule has 4 heteroatoms. The molecule has 1 aromatic heterocycles. The minimum atomic E-state index is -0.407. The lowest BCUT2D eigenvalue weighted by Gasteiger charge is -2.09. The van der Waals surface area contributed by atoms with E-state index < -0.39 is 5.92 Å². The summed E-state index contributed by atoms with van der Waals surface area (Å²) in [6.07, 6.45) is 0. The third-order valence-electron chi connectivity index (χ3n) is 4.88. The van der Waals surface area contributed by atoms with Crippen LogP contribution in [0.5, 0.6) is 0 Å². The van der Waals surface area contributed by atoms with Crippen LogP contribution in [0.3, 0.4) is 0 Å². The average molecular weight is 325 g/mol. The Bertz CT molecular complexity index is 1110. The van der Waals surface area contributed by atoms with Crippen molar-refractivity contribution in [1.29, 1.82) is 0 Å². The van der Waals surface area contributed by atoms with Crippen LogP contribution in [0.1, 0.15) is 17.0 Å². The number of aromatic amines is 1. The Labute approximate surface area is 144 Å². The number of carbonyl (C=O) groups is 1. The number of primary amides is 1. The Balaban J connectivity index is 1.82. The molecule has 25 heavy (non-hydrogen) atoms. The highest BCUT2D eigenvalue weighted by Crippen LogP contribution is 2.48. The third kappa shape index (κ3) is 1.94. The average Bonchev–Trinajstić information content (AvgIpc) is 3.20. The van der Waals surface area contributed by atoms with E-state index in [4.69, 9.17) is 10.7 Å². The zero-order chi connectivity index (χ0) is 17.0. The summed E-state index contributed by atoms with van der Waals surface area (Å²) in [6.45, 7) is 0. The molecule has 0 fully saturated rings. The first-order valence-corrected chi connectivity index (χ1v) is 8.20. The molecule has 1 aliphatic carbocycles. The number of benzene rings is 3. The quantitative estimate of drug-likeness (QED) is 0.588. The van der Waals surface area contributed by atoms with Gasteiger partial charge in [-0.25, -0.2) is 4.98 Å². The SMILES string of the molecule is NC(=O)[C@@H]1c2ccccc2-c2c(-c3nc4ccccc4[nH]3)cccc21. The van der Waals surface area contributed by atoms with Gasteiger partial charge in [0.2, 0.25) is 5.91 Å². The number of H-pyrrole nitrogens is 1. The summed E-state index contributed by atoms with van der Waals surface area (Å²) >= 11 is 0. The van der Waals surface area contributed by atoms with Gasteiger partial charge in [0.25, 0.3) is 0 Å². The van der Waals surface area contributed by atoms with Crippen molar-refractivity contribution < 1.29 is 4.79 Å². The third-order valence-corrected chi connectivity index (χ3v) is 4.88. The first-order chi connectivity index (χ1) is 12.2. The molecule has 0 spiro atoms. The highest BCUT2D eigenvalue weighted by Gasteiger charge is 2.34. The number of fused-ring (bicyclic) bond motifs is 4. The molecular formula is C21H15N3O. The van der Waals surface area contributed by atoms with E-state index in [-0.39, 0.29) is 5.91 Å². The Kier molecular flexibility index (Phi) is 2.82. The molecule has 0 saturated heterocycles. The largest absolute Gasteiger partial charge is 0.369 e. The van der Waals surface area contributed by atoms with E-state index in [1.807, 2.05) is 66.7 Å². The summed E-state index contributed by atoms with van der Waals surface area (Å²) in [5, 5.41) is 0. The molecule has 3 N–H and O–H groups in total. The number of amides is 1. The van der Waals surface area contributed by atoms with Crippen molar-refractivity contribution in [3.05, 3.63) is 77.9 Å².